The molecular weight excluding hydrogens is 653 g/mol. The molecule has 9 aromatic carbocycles. The van der Waals surface area contributed by atoms with Crippen molar-refractivity contribution in [2.45, 2.75) is 13.3 Å². The van der Waals surface area contributed by atoms with Gasteiger partial charge in [-0.15, -0.1) is 0 Å². The van der Waals surface area contributed by atoms with Crippen molar-refractivity contribution >= 4 is 60.4 Å². The van der Waals surface area contributed by atoms with Crippen LogP contribution in [0.3, 0.4) is 0 Å². The molecule has 0 aliphatic rings. The molecule has 256 valence electrons. The zero-order valence-electron chi connectivity index (χ0n) is 30.2. The Kier molecular flexibility index (Phi) is 7.81. The third-order valence-corrected chi connectivity index (χ3v) is 10.9. The summed E-state index contributed by atoms with van der Waals surface area (Å²) in [6.45, 7) is 2.29. The van der Waals surface area contributed by atoms with Crippen LogP contribution >= 0.6 is 0 Å². The quantitative estimate of drug-likeness (QED) is 0.151. The fourth-order valence-electron chi connectivity index (χ4n) is 8.48. The van der Waals surface area contributed by atoms with Crippen molar-refractivity contribution < 1.29 is 0 Å². The number of aryl methyl sites for hydroxylation is 1. The van der Waals surface area contributed by atoms with Gasteiger partial charge in [-0.05, 0) is 106 Å². The number of hydrogen-bond acceptors (Lipinski definition) is 1. The summed E-state index contributed by atoms with van der Waals surface area (Å²) in [7, 11) is 0. The zero-order chi connectivity index (χ0) is 36.0. The second-order valence-electron chi connectivity index (χ2n) is 14.0. The third-order valence-electron chi connectivity index (χ3n) is 10.9. The zero-order valence-corrected chi connectivity index (χ0v) is 30.2. The van der Waals surface area contributed by atoms with E-state index < -0.39 is 0 Å². The summed E-state index contributed by atoms with van der Waals surface area (Å²) >= 11 is 0. The third kappa shape index (κ3) is 5.26. The maximum Gasteiger partial charge on any atom is 0.0618 e. The number of aromatic nitrogens is 1. The van der Waals surface area contributed by atoms with Gasteiger partial charge in [-0.2, -0.15) is 0 Å². The van der Waals surface area contributed by atoms with Crippen LogP contribution in [0.5, 0.6) is 0 Å². The highest BCUT2D eigenvalue weighted by molar-refractivity contribution is 6.18. The van der Waals surface area contributed by atoms with Gasteiger partial charge in [0, 0.05) is 38.6 Å². The fraction of sp³-hybridized carbons (Fsp3) is 0.0385. The van der Waals surface area contributed by atoms with Gasteiger partial charge in [0.2, 0.25) is 0 Å². The van der Waals surface area contributed by atoms with Gasteiger partial charge in [-0.25, -0.2) is 0 Å². The lowest BCUT2D eigenvalue weighted by molar-refractivity contribution is 1.17. The second kappa shape index (κ2) is 13.3. The molecule has 0 unspecified atom stereocenters. The molecule has 0 amide bonds. The van der Waals surface area contributed by atoms with Crippen molar-refractivity contribution in [1.82, 2.24) is 4.57 Å². The minimum absolute atomic E-state index is 0.923. The molecule has 1 aromatic heterocycles. The number of fused-ring (bicyclic) bond motifs is 5. The van der Waals surface area contributed by atoms with Gasteiger partial charge in [-0.3, -0.25) is 0 Å². The highest BCUT2D eigenvalue weighted by Gasteiger charge is 2.23. The normalized spacial score (nSPS) is 11.5. The van der Waals surface area contributed by atoms with E-state index in [1.807, 2.05) is 0 Å². The summed E-state index contributed by atoms with van der Waals surface area (Å²) in [6.07, 6.45) is 0.923. The predicted molar refractivity (Wildman–Crippen MR) is 231 cm³/mol. The molecule has 10 rings (SSSR count). The molecule has 0 saturated carbocycles. The number of rotatable bonds is 7. The first-order chi connectivity index (χ1) is 26.8. The maximum absolute atomic E-state index is 2.50. The molecule has 0 N–H and O–H groups in total. The molecule has 10 aromatic rings. The van der Waals surface area contributed by atoms with E-state index in [-0.39, 0.29) is 0 Å². The van der Waals surface area contributed by atoms with Crippen LogP contribution in [0.25, 0.3) is 71.3 Å². The van der Waals surface area contributed by atoms with Crippen molar-refractivity contribution in [2.24, 2.45) is 0 Å². The lowest BCUT2D eigenvalue weighted by Crippen LogP contribution is -2.12. The standard InChI is InChI=1S/C52H38N2/c1-2-43-44-30-27-39(37-19-9-4-10-20-37)34-49(44)52(46-31-28-38(33-47(43)46)36-17-7-3-8-18-36)53(40-21-11-5-12-22-40)42-29-32-51-48(35-42)45-25-15-16-26-50(45)54(51)41-23-13-6-14-24-41/h3-35H,2H2,1H3. The first-order valence-electron chi connectivity index (χ1n) is 18.8. The van der Waals surface area contributed by atoms with E-state index in [0.29, 0.717) is 0 Å². The molecule has 0 saturated heterocycles. The number of para-hydroxylation sites is 3. The minimum atomic E-state index is 0.923. The van der Waals surface area contributed by atoms with Gasteiger partial charge in [0.25, 0.3) is 0 Å². The second-order valence-corrected chi connectivity index (χ2v) is 14.0. The molecule has 0 spiro atoms. The van der Waals surface area contributed by atoms with Gasteiger partial charge < -0.3 is 9.47 Å². The lowest BCUT2D eigenvalue weighted by Gasteiger charge is -2.30. The van der Waals surface area contributed by atoms with Gasteiger partial charge in [0.15, 0.2) is 0 Å². The molecule has 0 bridgehead atoms. The Labute approximate surface area is 315 Å². The van der Waals surface area contributed by atoms with E-state index >= 15 is 0 Å². The Hall–Kier alpha value is -6.90. The maximum atomic E-state index is 2.50. The summed E-state index contributed by atoms with van der Waals surface area (Å²) in [5.74, 6) is 0. The monoisotopic (exact) mass is 690 g/mol. The Morgan fingerprint density at radius 2 is 0.926 bits per heavy atom. The predicted octanol–water partition coefficient (Wildman–Crippen LogP) is 14.5. The van der Waals surface area contributed by atoms with Crippen molar-refractivity contribution in [1.29, 1.82) is 0 Å². The summed E-state index contributed by atoms with van der Waals surface area (Å²) in [5, 5.41) is 7.51. The number of hydrogen-bond donors (Lipinski definition) is 0. The van der Waals surface area contributed by atoms with Crippen LogP contribution in [0.15, 0.2) is 200 Å². The van der Waals surface area contributed by atoms with Crippen LogP contribution in [-0.2, 0) is 6.42 Å². The van der Waals surface area contributed by atoms with Crippen LogP contribution < -0.4 is 4.90 Å². The molecule has 0 aliphatic carbocycles. The Morgan fingerprint density at radius 1 is 0.370 bits per heavy atom. The van der Waals surface area contributed by atoms with E-state index in [1.54, 1.807) is 0 Å². The molecule has 54 heavy (non-hydrogen) atoms. The topological polar surface area (TPSA) is 8.17 Å². The van der Waals surface area contributed by atoms with Crippen LogP contribution in [-0.4, -0.2) is 4.57 Å². The number of nitrogens with zero attached hydrogens (tertiary/aromatic N) is 2. The number of benzene rings is 9. The summed E-state index contributed by atoms with van der Waals surface area (Å²) in [4.78, 5) is 2.50. The first-order valence-corrected chi connectivity index (χ1v) is 18.8. The number of anilines is 3. The smallest absolute Gasteiger partial charge is 0.0618 e. The molecular formula is C52H38N2. The lowest BCUT2D eigenvalue weighted by atomic mass is 9.89. The van der Waals surface area contributed by atoms with Gasteiger partial charge in [0.1, 0.15) is 0 Å². The SMILES string of the molecule is CCc1c2cc(-c3ccccc3)ccc2c(N(c2ccccc2)c2ccc3c(c2)c2ccccc2n3-c2ccccc2)c2cc(-c3ccccc3)ccc12. The average molecular weight is 691 g/mol. The average Bonchev–Trinajstić information content (AvgIpc) is 3.58. The van der Waals surface area contributed by atoms with Crippen LogP contribution in [0, 0.1) is 0 Å². The van der Waals surface area contributed by atoms with E-state index in [1.165, 1.54) is 76.9 Å². The van der Waals surface area contributed by atoms with Crippen LogP contribution in [0.4, 0.5) is 17.1 Å². The van der Waals surface area contributed by atoms with Crippen molar-refractivity contribution in [3.05, 3.63) is 206 Å². The molecule has 2 nitrogen and oxygen atoms in total. The Morgan fingerprint density at radius 3 is 1.59 bits per heavy atom. The Bertz CT molecular complexity index is 2950. The Balaban J connectivity index is 1.31. The van der Waals surface area contributed by atoms with Gasteiger partial charge in [-0.1, -0.05) is 146 Å². The summed E-state index contributed by atoms with van der Waals surface area (Å²) in [6, 6.07) is 73.0. The van der Waals surface area contributed by atoms with Crippen molar-refractivity contribution in [3.63, 3.8) is 0 Å². The molecule has 2 heteroatoms. The van der Waals surface area contributed by atoms with Crippen LogP contribution in [0.2, 0.25) is 0 Å². The summed E-state index contributed by atoms with van der Waals surface area (Å²) in [5.41, 5.74) is 13.2. The van der Waals surface area contributed by atoms with E-state index in [0.717, 1.165) is 23.5 Å². The van der Waals surface area contributed by atoms with E-state index in [4.69, 9.17) is 0 Å². The van der Waals surface area contributed by atoms with Crippen molar-refractivity contribution in [2.75, 3.05) is 4.90 Å². The van der Waals surface area contributed by atoms with Crippen molar-refractivity contribution in [3.8, 4) is 27.9 Å². The van der Waals surface area contributed by atoms with Gasteiger partial charge >= 0.3 is 0 Å². The molecule has 0 aliphatic heterocycles. The summed E-state index contributed by atoms with van der Waals surface area (Å²) < 4.78 is 2.39. The first kappa shape index (κ1) is 31.8. The van der Waals surface area contributed by atoms with Crippen LogP contribution in [0.1, 0.15) is 12.5 Å². The van der Waals surface area contributed by atoms with E-state index in [9.17, 15) is 0 Å². The highest BCUT2D eigenvalue weighted by atomic mass is 15.1. The molecule has 0 radical (unpaired) electrons. The highest BCUT2D eigenvalue weighted by Crippen LogP contribution is 2.48. The molecule has 0 fully saturated rings. The minimum Gasteiger partial charge on any atom is -0.309 e. The van der Waals surface area contributed by atoms with E-state index in [2.05, 4.69) is 217 Å². The van der Waals surface area contributed by atoms with Gasteiger partial charge in [0.05, 0.1) is 16.7 Å². The largest absolute Gasteiger partial charge is 0.309 e. The fourth-order valence-corrected chi connectivity index (χ4v) is 8.48. The molecule has 1 heterocycles. The molecule has 0 atom stereocenters.